The van der Waals surface area contributed by atoms with Crippen LogP contribution in [0.4, 0.5) is 26.3 Å². The zero-order valence-electron chi connectivity index (χ0n) is 29.3. The minimum Gasteiger partial charge on any atom is -0.508 e. The molecule has 8 nitrogen and oxygen atoms in total. The Morgan fingerprint density at radius 2 is 1.26 bits per heavy atom. The van der Waals surface area contributed by atoms with E-state index in [-0.39, 0.29) is 30.3 Å². The van der Waals surface area contributed by atoms with Crippen molar-refractivity contribution >= 4 is 11.8 Å². The summed E-state index contributed by atoms with van der Waals surface area (Å²) in [6, 6.07) is 16.5. The molecule has 14 heteroatoms. The van der Waals surface area contributed by atoms with Crippen LogP contribution in [0.25, 0.3) is 0 Å². The summed E-state index contributed by atoms with van der Waals surface area (Å²) in [7, 11) is 0. The summed E-state index contributed by atoms with van der Waals surface area (Å²) in [5.41, 5.74) is 4.44. The maximum absolute atomic E-state index is 13.8. The van der Waals surface area contributed by atoms with E-state index in [4.69, 9.17) is 5.73 Å². The number of alkyl halides is 6. The van der Waals surface area contributed by atoms with Crippen molar-refractivity contribution in [3.63, 3.8) is 0 Å². The van der Waals surface area contributed by atoms with Gasteiger partial charge in [-0.15, -0.1) is 0 Å². The van der Waals surface area contributed by atoms with Gasteiger partial charge in [-0.2, -0.15) is 26.3 Å². The number of halogens is 6. The topological polar surface area (TPSA) is 93.3 Å². The Kier molecular flexibility index (Phi) is 11.7. The van der Waals surface area contributed by atoms with E-state index in [0.717, 1.165) is 50.1 Å². The lowest BCUT2D eigenvalue weighted by molar-refractivity contribution is -0.143. The first-order chi connectivity index (χ1) is 25.2. The van der Waals surface area contributed by atoms with Gasteiger partial charge in [0.2, 0.25) is 5.91 Å². The summed E-state index contributed by atoms with van der Waals surface area (Å²) in [5.74, 6) is -0.756. The molecule has 3 unspecified atom stereocenters. The van der Waals surface area contributed by atoms with Crippen LogP contribution < -0.4 is 5.73 Å². The number of carbonyl (C=O) groups is 2. The molecular formula is C39H45F6N5O3. The first kappa shape index (κ1) is 38.6. The van der Waals surface area contributed by atoms with Gasteiger partial charge in [-0.3, -0.25) is 19.4 Å². The lowest BCUT2D eigenvalue weighted by Crippen LogP contribution is -2.59. The molecule has 3 heterocycles. The van der Waals surface area contributed by atoms with Gasteiger partial charge >= 0.3 is 12.4 Å². The highest BCUT2D eigenvalue weighted by molar-refractivity contribution is 5.95. The zero-order valence-corrected chi connectivity index (χ0v) is 29.3. The minimum atomic E-state index is -5.05. The van der Waals surface area contributed by atoms with Gasteiger partial charge in [0.1, 0.15) is 5.75 Å². The molecule has 3 atom stereocenters. The summed E-state index contributed by atoms with van der Waals surface area (Å²) < 4.78 is 81.8. The largest absolute Gasteiger partial charge is 0.508 e. The summed E-state index contributed by atoms with van der Waals surface area (Å²) in [5, 5.41) is 9.51. The summed E-state index contributed by atoms with van der Waals surface area (Å²) >= 11 is 0. The van der Waals surface area contributed by atoms with Gasteiger partial charge in [-0.1, -0.05) is 42.5 Å². The van der Waals surface area contributed by atoms with Crippen molar-refractivity contribution in [3.8, 4) is 5.75 Å². The molecule has 3 aromatic rings. The number of likely N-dealkylation sites (tertiary alicyclic amines) is 2. The highest BCUT2D eigenvalue weighted by Gasteiger charge is 2.41. The molecule has 3 fully saturated rings. The molecule has 0 bridgehead atoms. The summed E-state index contributed by atoms with van der Waals surface area (Å²) in [6.07, 6.45) is -6.53. The molecule has 0 radical (unpaired) electrons. The number of piperidine rings is 2. The van der Waals surface area contributed by atoms with E-state index in [9.17, 15) is 41.0 Å². The Morgan fingerprint density at radius 3 is 1.83 bits per heavy atom. The number of nitrogens with two attached hydrogens (primary N) is 1. The Balaban J connectivity index is 1.06. The van der Waals surface area contributed by atoms with Crippen LogP contribution in [0.3, 0.4) is 0 Å². The van der Waals surface area contributed by atoms with Crippen molar-refractivity contribution in [1.82, 2.24) is 19.6 Å². The highest BCUT2D eigenvalue weighted by atomic mass is 19.4. The fraction of sp³-hybridized carbons (Fsp3) is 0.487. The second-order valence-corrected chi connectivity index (χ2v) is 14.4. The highest BCUT2D eigenvalue weighted by Crippen LogP contribution is 2.37. The lowest BCUT2D eigenvalue weighted by Gasteiger charge is -2.48. The van der Waals surface area contributed by atoms with Crippen LogP contribution in [0.5, 0.6) is 5.75 Å². The zero-order chi connectivity index (χ0) is 37.9. The van der Waals surface area contributed by atoms with Gasteiger partial charge in [0, 0.05) is 69.5 Å². The number of phenolic OH excluding ortho intramolecular Hbond substituents is 1. The molecule has 2 amide bonds. The molecule has 6 rings (SSSR count). The van der Waals surface area contributed by atoms with Crippen LogP contribution in [-0.4, -0.2) is 107 Å². The molecule has 0 aliphatic carbocycles. The van der Waals surface area contributed by atoms with E-state index in [1.807, 2.05) is 35.2 Å². The smallest absolute Gasteiger partial charge is 0.416 e. The third kappa shape index (κ3) is 9.51. The van der Waals surface area contributed by atoms with E-state index in [2.05, 4.69) is 9.80 Å². The fourth-order valence-electron chi connectivity index (χ4n) is 8.08. The van der Waals surface area contributed by atoms with Crippen LogP contribution in [0.15, 0.2) is 72.8 Å². The van der Waals surface area contributed by atoms with Crippen LogP contribution in [0.1, 0.15) is 58.3 Å². The van der Waals surface area contributed by atoms with Crippen molar-refractivity contribution in [1.29, 1.82) is 0 Å². The van der Waals surface area contributed by atoms with Crippen molar-refractivity contribution in [2.75, 3.05) is 45.8 Å². The number of carbonyl (C=O) groups excluding carboxylic acids is 2. The number of nitrogens with zero attached hydrogens (tertiary/aromatic N) is 4. The number of hydrogen-bond donors (Lipinski definition) is 2. The number of aromatic hydroxyl groups is 1. The Bertz CT molecular complexity index is 1670. The first-order valence-corrected chi connectivity index (χ1v) is 18.1. The monoisotopic (exact) mass is 745 g/mol. The van der Waals surface area contributed by atoms with Gasteiger partial charge in [0.25, 0.3) is 5.91 Å². The Morgan fingerprint density at radius 1 is 0.717 bits per heavy atom. The third-order valence-corrected chi connectivity index (χ3v) is 11.0. The summed E-state index contributed by atoms with van der Waals surface area (Å²) in [4.78, 5) is 35.0. The van der Waals surface area contributed by atoms with E-state index in [1.165, 1.54) is 4.90 Å². The SMILES string of the molecule is NC(Cc1ccc(O)cc1)C(=O)N1CCC(N2CCN(C3CCN(C(=O)c4cc(C(F)(F)F)cc(C(F)(F)F)c4)C(Cc4ccccc4)C3)CC2)CC1. The number of benzene rings is 3. The number of piperazine rings is 1. The predicted octanol–water partition coefficient (Wildman–Crippen LogP) is 5.82. The lowest BCUT2D eigenvalue weighted by atomic mass is 9.90. The Hall–Kier alpha value is -4.14. The van der Waals surface area contributed by atoms with Gasteiger partial charge < -0.3 is 20.6 Å². The first-order valence-electron chi connectivity index (χ1n) is 18.1. The summed E-state index contributed by atoms with van der Waals surface area (Å²) in [6.45, 7) is 4.68. The number of rotatable bonds is 8. The number of phenols is 1. The molecule has 53 heavy (non-hydrogen) atoms. The molecule has 3 N–H and O–H groups in total. The standard InChI is InChI=1S/C39H45F6N5O3/c40-38(41,42)29-22-28(23-30(24-29)39(43,44)45)36(52)50-15-12-32(25-33(50)20-26-4-2-1-3-5-26)48-18-16-47(17-19-48)31-10-13-49(14-11-31)37(53)35(46)21-27-6-8-34(51)9-7-27/h1-9,22-24,31-33,35,51H,10-21,25,46H2. The van der Waals surface area contributed by atoms with Gasteiger partial charge in [0.05, 0.1) is 17.2 Å². The number of amides is 2. The van der Waals surface area contributed by atoms with Crippen molar-refractivity contribution in [2.24, 2.45) is 5.73 Å². The molecule has 3 aliphatic heterocycles. The van der Waals surface area contributed by atoms with Crippen molar-refractivity contribution in [3.05, 3.63) is 101 Å². The van der Waals surface area contributed by atoms with E-state index >= 15 is 0 Å². The average molecular weight is 746 g/mol. The Labute approximate surface area is 305 Å². The van der Waals surface area contributed by atoms with Crippen LogP contribution >= 0.6 is 0 Å². The fourth-order valence-corrected chi connectivity index (χ4v) is 8.08. The van der Waals surface area contributed by atoms with Crippen LogP contribution in [-0.2, 0) is 30.0 Å². The molecule has 3 saturated heterocycles. The quantitative estimate of drug-likeness (QED) is 0.283. The maximum atomic E-state index is 13.8. The molecule has 286 valence electrons. The second-order valence-electron chi connectivity index (χ2n) is 14.4. The molecule has 3 aromatic carbocycles. The molecule has 0 aromatic heterocycles. The third-order valence-electron chi connectivity index (χ3n) is 11.0. The molecule has 0 saturated carbocycles. The predicted molar refractivity (Wildman–Crippen MR) is 187 cm³/mol. The van der Waals surface area contributed by atoms with Gasteiger partial charge in [0.15, 0.2) is 0 Å². The van der Waals surface area contributed by atoms with Crippen LogP contribution in [0, 0.1) is 0 Å². The van der Waals surface area contributed by atoms with E-state index < -0.39 is 47.0 Å². The van der Waals surface area contributed by atoms with E-state index in [1.54, 1.807) is 24.3 Å². The van der Waals surface area contributed by atoms with Gasteiger partial charge in [-0.05, 0) is 80.0 Å². The van der Waals surface area contributed by atoms with Crippen molar-refractivity contribution < 1.29 is 41.0 Å². The minimum absolute atomic E-state index is 0.0454. The van der Waals surface area contributed by atoms with Crippen LogP contribution in [0.2, 0.25) is 0 Å². The molecular weight excluding hydrogens is 700 g/mol. The molecule has 3 aliphatic rings. The normalized spacial score (nSPS) is 21.8. The van der Waals surface area contributed by atoms with Gasteiger partial charge in [-0.25, -0.2) is 0 Å². The molecule has 0 spiro atoms. The second kappa shape index (κ2) is 16.1. The van der Waals surface area contributed by atoms with Crippen molar-refractivity contribution in [2.45, 2.75) is 75.0 Å². The maximum Gasteiger partial charge on any atom is 0.416 e. The average Bonchev–Trinajstić information content (AvgIpc) is 3.15. The number of hydrogen-bond acceptors (Lipinski definition) is 6. The van der Waals surface area contributed by atoms with E-state index in [0.29, 0.717) is 56.9 Å².